The number of anilines is 2. The highest BCUT2D eigenvalue weighted by Crippen LogP contribution is 2.29. The minimum atomic E-state index is 0.609. The molecule has 2 aromatic carbocycles. The summed E-state index contributed by atoms with van der Waals surface area (Å²) in [6.07, 6.45) is 6.51. The Hall–Kier alpha value is -2.87. The quantitative estimate of drug-likeness (QED) is 0.350. The average Bonchev–Trinajstić information content (AvgIpc) is 3.27. The second-order valence-corrected chi connectivity index (χ2v) is 10.1. The lowest BCUT2D eigenvalue weighted by Crippen LogP contribution is -2.29. The minimum Gasteiger partial charge on any atom is -0.323 e. The van der Waals surface area contributed by atoms with E-state index in [1.807, 2.05) is 16.8 Å². The van der Waals surface area contributed by atoms with E-state index in [9.17, 15) is 0 Å². The number of benzene rings is 2. The number of pyridine rings is 1. The highest BCUT2D eigenvalue weighted by molar-refractivity contribution is 7.96. The predicted octanol–water partition coefficient (Wildman–Crippen LogP) is 5.66. The van der Waals surface area contributed by atoms with Crippen LogP contribution in [0.25, 0.3) is 16.8 Å². The van der Waals surface area contributed by atoms with Crippen LogP contribution in [0.4, 0.5) is 11.6 Å². The zero-order valence-electron chi connectivity index (χ0n) is 20.1. The summed E-state index contributed by atoms with van der Waals surface area (Å²) < 4.78 is 4.07. The smallest absolute Gasteiger partial charge is 0.247 e. The highest BCUT2D eigenvalue weighted by Gasteiger charge is 2.18. The zero-order chi connectivity index (χ0) is 23.5. The normalized spacial score (nSPS) is 15.3. The van der Waals surface area contributed by atoms with E-state index in [0.29, 0.717) is 11.9 Å². The topological polar surface area (TPSA) is 48.7 Å². The summed E-state index contributed by atoms with van der Waals surface area (Å²) in [7, 11) is 4.31. The molecule has 5 rings (SSSR count). The summed E-state index contributed by atoms with van der Waals surface area (Å²) in [6, 6.07) is 21.6. The Balaban J connectivity index is 1.35. The van der Waals surface area contributed by atoms with Crippen LogP contribution < -0.4 is 5.32 Å². The lowest BCUT2D eigenvalue weighted by atomic mass is 9.89. The van der Waals surface area contributed by atoms with Crippen LogP contribution >= 0.6 is 11.9 Å². The number of hydrogen-bond donors (Lipinski definition) is 1. The number of rotatable bonds is 7. The van der Waals surface area contributed by atoms with Gasteiger partial charge in [-0.3, -0.25) is 0 Å². The molecule has 0 atom stereocenters. The second-order valence-electron chi connectivity index (χ2n) is 9.12. The maximum absolute atomic E-state index is 4.83. The molecular weight excluding hydrogens is 440 g/mol. The van der Waals surface area contributed by atoms with Crippen LogP contribution in [0.1, 0.15) is 29.9 Å². The summed E-state index contributed by atoms with van der Waals surface area (Å²) in [4.78, 5) is 7.24. The van der Waals surface area contributed by atoms with Gasteiger partial charge in [0.25, 0.3) is 0 Å². The summed E-state index contributed by atoms with van der Waals surface area (Å²) >= 11 is 1.73. The molecule has 1 N–H and O–H groups in total. The van der Waals surface area contributed by atoms with Crippen molar-refractivity contribution in [3.05, 3.63) is 78.0 Å². The van der Waals surface area contributed by atoms with Gasteiger partial charge >= 0.3 is 0 Å². The Morgan fingerprint density at radius 3 is 2.62 bits per heavy atom. The second kappa shape index (κ2) is 10.2. The van der Waals surface area contributed by atoms with Crippen LogP contribution in [0.15, 0.2) is 66.9 Å². The van der Waals surface area contributed by atoms with Crippen LogP contribution in [0.2, 0.25) is 0 Å². The van der Waals surface area contributed by atoms with E-state index in [0.717, 1.165) is 29.0 Å². The van der Waals surface area contributed by atoms with E-state index in [4.69, 9.17) is 4.98 Å². The van der Waals surface area contributed by atoms with Gasteiger partial charge in [-0.25, -0.2) is 8.82 Å². The molecule has 1 aliphatic heterocycles. The molecule has 6 nitrogen and oxygen atoms in total. The van der Waals surface area contributed by atoms with Crippen molar-refractivity contribution in [1.29, 1.82) is 0 Å². The van der Waals surface area contributed by atoms with Crippen molar-refractivity contribution < 1.29 is 0 Å². The molecule has 1 fully saturated rings. The molecule has 4 aromatic rings. The van der Waals surface area contributed by atoms with Crippen molar-refractivity contribution in [2.75, 3.05) is 38.8 Å². The van der Waals surface area contributed by atoms with E-state index < -0.39 is 0 Å². The number of fused-ring (bicyclic) bond motifs is 1. The summed E-state index contributed by atoms with van der Waals surface area (Å²) in [5.74, 6) is 1.27. The summed E-state index contributed by atoms with van der Waals surface area (Å²) in [6.45, 7) is 3.25. The lowest BCUT2D eigenvalue weighted by Gasteiger charge is -2.29. The molecule has 0 bridgehead atoms. The highest BCUT2D eigenvalue weighted by atomic mass is 32.2. The molecule has 0 saturated carbocycles. The zero-order valence-corrected chi connectivity index (χ0v) is 20.9. The first-order valence-electron chi connectivity index (χ1n) is 11.8. The van der Waals surface area contributed by atoms with E-state index in [1.165, 1.54) is 37.1 Å². The van der Waals surface area contributed by atoms with Crippen molar-refractivity contribution in [2.24, 2.45) is 0 Å². The Morgan fingerprint density at radius 2 is 1.85 bits per heavy atom. The fourth-order valence-electron chi connectivity index (χ4n) is 4.65. The van der Waals surface area contributed by atoms with Gasteiger partial charge in [-0.15, -0.1) is 5.10 Å². The molecule has 0 radical (unpaired) electrons. The molecule has 3 heterocycles. The standard InChI is InChI=1S/C27H32N6S/c1-31-16-13-22(14-17-31)21-9-11-24(12-10-21)28-27-29-26-25(8-5-15-33(26)30-27)23-7-4-6-20(18-23)19-32(2)34-3/h4-12,15,18,22H,13-14,16-17,19H2,1-3H3,(H,28,30). The SMILES string of the molecule is CSN(C)Cc1cccc(-c2cccn3nc(Nc4ccc(C5CCN(C)CC5)cc4)nc23)c1. The third-order valence-corrected chi connectivity index (χ3v) is 7.43. The van der Waals surface area contributed by atoms with Gasteiger partial charge in [0.1, 0.15) is 0 Å². The van der Waals surface area contributed by atoms with Gasteiger partial charge in [-0.1, -0.05) is 42.3 Å². The summed E-state index contributed by atoms with van der Waals surface area (Å²) in [5, 5.41) is 8.07. The molecule has 0 amide bonds. The van der Waals surface area contributed by atoms with Gasteiger partial charge < -0.3 is 10.2 Å². The monoisotopic (exact) mass is 472 g/mol. The number of aromatic nitrogens is 3. The lowest BCUT2D eigenvalue weighted by molar-refractivity contribution is 0.255. The van der Waals surface area contributed by atoms with Gasteiger partial charge in [0.2, 0.25) is 5.95 Å². The first-order valence-corrected chi connectivity index (χ1v) is 13.0. The maximum atomic E-state index is 4.83. The molecule has 176 valence electrons. The van der Waals surface area contributed by atoms with Crippen molar-refractivity contribution in [3.8, 4) is 11.1 Å². The van der Waals surface area contributed by atoms with E-state index in [1.54, 1.807) is 11.9 Å². The Bertz CT molecular complexity index is 1240. The van der Waals surface area contributed by atoms with Gasteiger partial charge in [-0.05, 0) is 99.2 Å². The van der Waals surface area contributed by atoms with Crippen LogP contribution in [0, 0.1) is 0 Å². The number of hydrogen-bond acceptors (Lipinski definition) is 6. The molecule has 0 spiro atoms. The molecule has 1 saturated heterocycles. The third-order valence-electron chi connectivity index (χ3n) is 6.67. The summed E-state index contributed by atoms with van der Waals surface area (Å²) in [5.41, 5.74) is 6.79. The Kier molecular flexibility index (Phi) is 6.85. The van der Waals surface area contributed by atoms with Gasteiger partial charge in [0.05, 0.1) is 0 Å². The Labute approximate surface area is 206 Å². The number of nitrogens with one attached hydrogen (secondary N) is 1. The molecule has 7 heteroatoms. The number of nitrogens with zero attached hydrogens (tertiary/aromatic N) is 5. The number of piperidine rings is 1. The molecule has 1 aliphatic rings. The Morgan fingerprint density at radius 1 is 1.06 bits per heavy atom. The van der Waals surface area contributed by atoms with E-state index in [-0.39, 0.29) is 0 Å². The average molecular weight is 473 g/mol. The minimum absolute atomic E-state index is 0.609. The fraction of sp³-hybridized carbons (Fsp3) is 0.333. The first-order chi connectivity index (χ1) is 16.6. The van der Waals surface area contributed by atoms with Crippen LogP contribution in [-0.4, -0.2) is 57.2 Å². The van der Waals surface area contributed by atoms with Crippen LogP contribution in [0.5, 0.6) is 0 Å². The van der Waals surface area contributed by atoms with E-state index >= 15 is 0 Å². The van der Waals surface area contributed by atoms with Crippen molar-refractivity contribution in [1.82, 2.24) is 23.8 Å². The van der Waals surface area contributed by atoms with Crippen LogP contribution in [0.3, 0.4) is 0 Å². The largest absolute Gasteiger partial charge is 0.323 e. The molecule has 0 aliphatic carbocycles. The fourth-order valence-corrected chi connectivity index (χ4v) is 4.93. The predicted molar refractivity (Wildman–Crippen MR) is 143 cm³/mol. The van der Waals surface area contributed by atoms with Gasteiger partial charge in [0.15, 0.2) is 5.65 Å². The van der Waals surface area contributed by atoms with E-state index in [2.05, 4.69) is 94.6 Å². The van der Waals surface area contributed by atoms with Gasteiger partial charge in [-0.2, -0.15) is 4.98 Å². The van der Waals surface area contributed by atoms with Gasteiger partial charge in [0, 0.05) is 24.0 Å². The molecule has 34 heavy (non-hydrogen) atoms. The van der Waals surface area contributed by atoms with Crippen molar-refractivity contribution in [3.63, 3.8) is 0 Å². The molecular formula is C27H32N6S. The van der Waals surface area contributed by atoms with Crippen molar-refractivity contribution in [2.45, 2.75) is 25.3 Å². The van der Waals surface area contributed by atoms with Crippen LogP contribution in [-0.2, 0) is 6.54 Å². The first kappa shape index (κ1) is 22.9. The third kappa shape index (κ3) is 5.12. The van der Waals surface area contributed by atoms with Crippen molar-refractivity contribution >= 4 is 29.2 Å². The molecule has 2 aromatic heterocycles. The number of likely N-dealkylation sites (tertiary alicyclic amines) is 1. The maximum Gasteiger partial charge on any atom is 0.247 e. The molecule has 0 unspecified atom stereocenters.